The van der Waals surface area contributed by atoms with E-state index in [0.717, 1.165) is 31.7 Å². The summed E-state index contributed by atoms with van der Waals surface area (Å²) in [4.78, 5) is 35.2. The summed E-state index contributed by atoms with van der Waals surface area (Å²) in [5.41, 5.74) is 1.48. The summed E-state index contributed by atoms with van der Waals surface area (Å²) >= 11 is 0. The standard InChI is InChI=1S/C20H24N4O2/c1-14(25)16-8-7-9-17(12-16)23-20(26)18-13-19(22-15(2)21-18)24-10-5-3-4-6-11-24/h7-9,12-13H,3-6,10-11H2,1-2H3,(H,23,26). The number of benzene rings is 1. The molecular weight excluding hydrogens is 328 g/mol. The van der Waals surface area contributed by atoms with Crippen molar-refractivity contribution in [2.45, 2.75) is 39.5 Å². The molecule has 0 radical (unpaired) electrons. The van der Waals surface area contributed by atoms with E-state index >= 15 is 0 Å². The number of nitrogens with one attached hydrogen (secondary N) is 1. The second kappa shape index (κ2) is 8.08. The van der Waals surface area contributed by atoms with E-state index in [1.54, 1.807) is 37.3 Å². The van der Waals surface area contributed by atoms with Crippen molar-refractivity contribution >= 4 is 23.2 Å². The van der Waals surface area contributed by atoms with Gasteiger partial charge in [0.2, 0.25) is 0 Å². The summed E-state index contributed by atoms with van der Waals surface area (Å²) in [6.45, 7) is 5.22. The predicted octanol–water partition coefficient (Wildman–Crippen LogP) is 3.62. The quantitative estimate of drug-likeness (QED) is 0.851. The molecule has 0 spiro atoms. The number of amides is 1. The highest BCUT2D eigenvalue weighted by atomic mass is 16.2. The highest BCUT2D eigenvalue weighted by Gasteiger charge is 2.16. The van der Waals surface area contributed by atoms with E-state index < -0.39 is 0 Å². The number of anilines is 2. The molecule has 1 saturated heterocycles. The minimum Gasteiger partial charge on any atom is -0.356 e. The molecule has 0 aliphatic carbocycles. The number of rotatable bonds is 4. The fourth-order valence-corrected chi connectivity index (χ4v) is 3.14. The van der Waals surface area contributed by atoms with Crippen LogP contribution in [0.4, 0.5) is 11.5 Å². The molecule has 2 heterocycles. The Morgan fingerprint density at radius 2 is 1.77 bits per heavy atom. The van der Waals surface area contributed by atoms with Gasteiger partial charge in [-0.2, -0.15) is 0 Å². The Balaban J connectivity index is 1.80. The van der Waals surface area contributed by atoms with E-state index in [0.29, 0.717) is 22.8 Å². The van der Waals surface area contributed by atoms with Crippen LogP contribution in [0.1, 0.15) is 59.3 Å². The summed E-state index contributed by atoms with van der Waals surface area (Å²) in [7, 11) is 0. The monoisotopic (exact) mass is 352 g/mol. The number of nitrogens with zero attached hydrogens (tertiary/aromatic N) is 3. The largest absolute Gasteiger partial charge is 0.356 e. The van der Waals surface area contributed by atoms with Crippen LogP contribution in [0.5, 0.6) is 0 Å². The van der Waals surface area contributed by atoms with Crippen LogP contribution >= 0.6 is 0 Å². The van der Waals surface area contributed by atoms with Gasteiger partial charge >= 0.3 is 0 Å². The predicted molar refractivity (Wildman–Crippen MR) is 102 cm³/mol. The van der Waals surface area contributed by atoms with Crippen molar-refractivity contribution in [2.24, 2.45) is 0 Å². The second-order valence-electron chi connectivity index (χ2n) is 6.65. The Hall–Kier alpha value is -2.76. The summed E-state index contributed by atoms with van der Waals surface area (Å²) in [5, 5.41) is 2.82. The zero-order valence-corrected chi connectivity index (χ0v) is 15.3. The van der Waals surface area contributed by atoms with Gasteiger partial charge < -0.3 is 10.2 Å². The van der Waals surface area contributed by atoms with Gasteiger partial charge in [0.15, 0.2) is 5.78 Å². The van der Waals surface area contributed by atoms with E-state index in [9.17, 15) is 9.59 Å². The zero-order valence-electron chi connectivity index (χ0n) is 15.3. The molecule has 6 nitrogen and oxygen atoms in total. The smallest absolute Gasteiger partial charge is 0.274 e. The zero-order chi connectivity index (χ0) is 18.5. The Morgan fingerprint density at radius 1 is 1.04 bits per heavy atom. The molecule has 1 aromatic carbocycles. The molecule has 1 fully saturated rings. The van der Waals surface area contributed by atoms with Crippen molar-refractivity contribution in [1.29, 1.82) is 0 Å². The summed E-state index contributed by atoms with van der Waals surface area (Å²) in [6, 6.07) is 8.66. The third-order valence-corrected chi connectivity index (χ3v) is 4.51. The Labute approximate surface area is 153 Å². The Kier molecular flexibility index (Phi) is 5.61. The Bertz CT molecular complexity index is 811. The van der Waals surface area contributed by atoms with Crippen LogP contribution in [0, 0.1) is 6.92 Å². The molecule has 3 rings (SSSR count). The fraction of sp³-hybridized carbons (Fsp3) is 0.400. The van der Waals surface area contributed by atoms with Crippen molar-refractivity contribution in [3.05, 3.63) is 47.4 Å². The van der Waals surface area contributed by atoms with E-state index in [1.807, 2.05) is 0 Å². The maximum atomic E-state index is 12.6. The number of hydrogen-bond acceptors (Lipinski definition) is 5. The van der Waals surface area contributed by atoms with Crippen LogP contribution in [-0.4, -0.2) is 34.7 Å². The van der Waals surface area contributed by atoms with Gasteiger partial charge in [-0.15, -0.1) is 0 Å². The van der Waals surface area contributed by atoms with Crippen LogP contribution < -0.4 is 10.2 Å². The van der Waals surface area contributed by atoms with E-state index in [-0.39, 0.29) is 11.7 Å². The number of ketones is 1. The van der Waals surface area contributed by atoms with Crippen molar-refractivity contribution < 1.29 is 9.59 Å². The molecule has 0 unspecified atom stereocenters. The number of aromatic nitrogens is 2. The van der Waals surface area contributed by atoms with Crippen molar-refractivity contribution in [2.75, 3.05) is 23.3 Å². The topological polar surface area (TPSA) is 75.2 Å². The number of hydrogen-bond donors (Lipinski definition) is 1. The molecule has 136 valence electrons. The summed E-state index contributed by atoms with van der Waals surface area (Å²) in [5.74, 6) is 1.05. The summed E-state index contributed by atoms with van der Waals surface area (Å²) in [6.07, 6.45) is 4.76. The first-order valence-corrected chi connectivity index (χ1v) is 9.06. The molecular formula is C20H24N4O2. The normalized spacial score (nSPS) is 14.6. The van der Waals surface area contributed by atoms with E-state index in [4.69, 9.17) is 0 Å². The van der Waals surface area contributed by atoms with Gasteiger partial charge in [0.05, 0.1) is 0 Å². The van der Waals surface area contributed by atoms with Gasteiger partial charge in [-0.1, -0.05) is 25.0 Å². The number of aryl methyl sites for hydroxylation is 1. The lowest BCUT2D eigenvalue weighted by Crippen LogP contribution is -2.26. The van der Waals surface area contributed by atoms with Gasteiger partial charge in [0.1, 0.15) is 17.3 Å². The molecule has 1 aromatic heterocycles. The van der Waals surface area contributed by atoms with E-state index in [2.05, 4.69) is 20.2 Å². The number of Topliss-reactive ketones (excluding diaryl/α,β-unsaturated/α-hetero) is 1. The van der Waals surface area contributed by atoms with Crippen molar-refractivity contribution in [3.63, 3.8) is 0 Å². The molecule has 0 atom stereocenters. The lowest BCUT2D eigenvalue weighted by atomic mass is 10.1. The first kappa shape index (κ1) is 18.0. The molecule has 6 heteroatoms. The van der Waals surface area contributed by atoms with Crippen molar-refractivity contribution in [1.82, 2.24) is 9.97 Å². The van der Waals surface area contributed by atoms with Crippen LogP contribution in [0.25, 0.3) is 0 Å². The van der Waals surface area contributed by atoms with E-state index in [1.165, 1.54) is 19.8 Å². The lowest BCUT2D eigenvalue weighted by Gasteiger charge is -2.22. The summed E-state index contributed by atoms with van der Waals surface area (Å²) < 4.78 is 0. The molecule has 0 saturated carbocycles. The molecule has 2 aromatic rings. The minimum absolute atomic E-state index is 0.0394. The third kappa shape index (κ3) is 4.45. The van der Waals surface area contributed by atoms with Crippen molar-refractivity contribution in [3.8, 4) is 0 Å². The molecule has 0 bridgehead atoms. The van der Waals surface area contributed by atoms with Gasteiger partial charge in [-0.3, -0.25) is 9.59 Å². The highest BCUT2D eigenvalue weighted by molar-refractivity contribution is 6.04. The molecule has 1 amide bonds. The number of carbonyl (C=O) groups is 2. The average Bonchev–Trinajstić information content (AvgIpc) is 2.91. The van der Waals surface area contributed by atoms with Gasteiger partial charge in [-0.25, -0.2) is 9.97 Å². The van der Waals surface area contributed by atoms with Crippen LogP contribution in [0.3, 0.4) is 0 Å². The average molecular weight is 352 g/mol. The molecule has 1 aliphatic rings. The lowest BCUT2D eigenvalue weighted by molar-refractivity contribution is 0.100. The molecule has 1 N–H and O–H groups in total. The number of carbonyl (C=O) groups excluding carboxylic acids is 2. The molecule has 1 aliphatic heterocycles. The first-order chi connectivity index (χ1) is 12.5. The van der Waals surface area contributed by atoms with Gasteiger partial charge in [-0.05, 0) is 38.8 Å². The first-order valence-electron chi connectivity index (χ1n) is 9.06. The minimum atomic E-state index is -0.299. The maximum absolute atomic E-state index is 12.6. The maximum Gasteiger partial charge on any atom is 0.274 e. The third-order valence-electron chi connectivity index (χ3n) is 4.51. The van der Waals surface area contributed by atoms with Gasteiger partial charge in [0, 0.05) is 30.4 Å². The Morgan fingerprint density at radius 3 is 2.46 bits per heavy atom. The van der Waals surface area contributed by atoms with Crippen LogP contribution in [0.2, 0.25) is 0 Å². The second-order valence-corrected chi connectivity index (χ2v) is 6.65. The molecule has 26 heavy (non-hydrogen) atoms. The van der Waals surface area contributed by atoms with Crippen LogP contribution in [0.15, 0.2) is 30.3 Å². The highest BCUT2D eigenvalue weighted by Crippen LogP contribution is 2.19. The SMILES string of the molecule is CC(=O)c1cccc(NC(=O)c2cc(N3CCCCCC3)nc(C)n2)c1. The van der Waals surface area contributed by atoms with Gasteiger partial charge in [0.25, 0.3) is 5.91 Å². The van der Waals surface area contributed by atoms with Crippen LogP contribution in [-0.2, 0) is 0 Å². The fourth-order valence-electron chi connectivity index (χ4n) is 3.14.